The Labute approximate surface area is 179 Å². The molecule has 2 nitrogen and oxygen atoms in total. The molecule has 0 radical (unpaired) electrons. The Balaban J connectivity index is 2.80. The van der Waals surface area contributed by atoms with Gasteiger partial charge in [0.15, 0.2) is 0 Å². The van der Waals surface area contributed by atoms with Crippen molar-refractivity contribution in [2.24, 2.45) is 0 Å². The van der Waals surface area contributed by atoms with Crippen LogP contribution in [-0.4, -0.2) is 70.9 Å². The highest BCUT2D eigenvalue weighted by atomic mass is 19.4. The van der Waals surface area contributed by atoms with Crippen molar-refractivity contribution in [1.29, 1.82) is 0 Å². The average molecular weight is 594 g/mol. The van der Waals surface area contributed by atoms with Gasteiger partial charge in [0.2, 0.25) is 0 Å². The summed E-state index contributed by atoms with van der Waals surface area (Å²) in [7, 11) is 0. The van der Waals surface area contributed by atoms with Crippen molar-refractivity contribution in [2.45, 2.75) is 70.9 Å². The Kier molecular flexibility index (Phi) is 5.68. The first-order valence-electron chi connectivity index (χ1n) is 7.73. The van der Waals surface area contributed by atoms with Gasteiger partial charge in [0.25, 0.3) is 0 Å². The summed E-state index contributed by atoms with van der Waals surface area (Å²) in [4.78, 5) is 2.86. The van der Waals surface area contributed by atoms with Crippen LogP contribution in [0.15, 0.2) is 0 Å². The fraction of sp³-hybridized carbons (Fsp3) is 1.00. The predicted molar refractivity (Wildman–Crippen MR) is 59.3 cm³/mol. The Morgan fingerprint density at radius 1 is 0.194 bits per heavy atom. The monoisotopic (exact) mass is 594 g/mol. The quantitative estimate of drug-likeness (QED) is 0.207. The van der Waals surface area contributed by atoms with E-state index in [4.69, 9.17) is 0 Å². The molecule has 0 aliphatic heterocycles. The molecule has 2 saturated carbocycles. The topological polar surface area (TPSA) is 18.5 Å². The van der Waals surface area contributed by atoms with Crippen LogP contribution < -0.4 is 0 Å². The normalized spacial score (nSPS) is 34.5. The molecular formula is C12F22O2. The minimum absolute atomic E-state index is 1.43. The molecule has 24 heteroatoms. The van der Waals surface area contributed by atoms with E-state index in [9.17, 15) is 96.6 Å². The van der Waals surface area contributed by atoms with Crippen molar-refractivity contribution in [3.63, 3.8) is 0 Å². The molecule has 0 N–H and O–H groups in total. The molecule has 2 aliphatic carbocycles. The Morgan fingerprint density at radius 2 is 0.306 bits per heavy atom. The highest BCUT2D eigenvalue weighted by Gasteiger charge is 3.05. The van der Waals surface area contributed by atoms with Crippen LogP contribution in [0.2, 0.25) is 0 Å². The third-order valence-electron chi connectivity index (χ3n) is 5.04. The van der Waals surface area contributed by atoms with Crippen molar-refractivity contribution in [1.82, 2.24) is 0 Å². The zero-order valence-electron chi connectivity index (χ0n) is 15.1. The van der Waals surface area contributed by atoms with Crippen molar-refractivity contribution in [2.75, 3.05) is 0 Å². The second kappa shape index (κ2) is 6.68. The zero-order valence-corrected chi connectivity index (χ0v) is 15.1. The van der Waals surface area contributed by atoms with Crippen LogP contribution in [0.4, 0.5) is 96.6 Å². The fourth-order valence-corrected chi connectivity index (χ4v) is 2.71. The van der Waals surface area contributed by atoms with E-state index in [0.717, 1.165) is 0 Å². The molecule has 2 aliphatic rings. The van der Waals surface area contributed by atoms with Gasteiger partial charge >= 0.3 is 70.9 Å². The number of hydrogen-bond acceptors (Lipinski definition) is 2. The minimum atomic E-state index is -8.32. The van der Waals surface area contributed by atoms with E-state index in [2.05, 4.69) is 0 Å². The van der Waals surface area contributed by atoms with E-state index in [1.54, 1.807) is 0 Å². The SMILES string of the molecule is FC1(F)C(F)(F)C(F)(F)C(F)(OOC2(F)C(F)(F)C(F)(F)C(F)(F)C(F)(F)C2(F)F)C(F)(F)C1(F)F. The smallest absolute Gasteiger partial charge is 0.195 e. The van der Waals surface area contributed by atoms with Crippen LogP contribution >= 0.6 is 0 Å². The summed E-state index contributed by atoms with van der Waals surface area (Å²) in [6.07, 6.45) is 0. The molecule has 214 valence electrons. The van der Waals surface area contributed by atoms with Gasteiger partial charge in [0.05, 0.1) is 0 Å². The molecule has 0 heterocycles. The molecule has 2 rings (SSSR count). The summed E-state index contributed by atoms with van der Waals surface area (Å²) in [5.41, 5.74) is 0. The second-order valence-electron chi connectivity index (χ2n) is 7.10. The van der Waals surface area contributed by atoms with Gasteiger partial charge in [-0.25, -0.2) is 0 Å². The lowest BCUT2D eigenvalue weighted by Gasteiger charge is -2.53. The van der Waals surface area contributed by atoms with Crippen LogP contribution in [0.25, 0.3) is 0 Å². The molecule has 0 aromatic rings. The van der Waals surface area contributed by atoms with Gasteiger partial charge in [-0.3, -0.25) is 0 Å². The molecule has 0 bridgehead atoms. The first kappa shape index (κ1) is 30.6. The molecule has 0 aromatic heterocycles. The van der Waals surface area contributed by atoms with Crippen molar-refractivity contribution in [3.05, 3.63) is 0 Å². The Morgan fingerprint density at radius 3 is 0.444 bits per heavy atom. The van der Waals surface area contributed by atoms with Crippen LogP contribution in [-0.2, 0) is 9.78 Å². The average Bonchev–Trinajstić information content (AvgIpc) is 2.68. The maximum absolute atomic E-state index is 14.1. The highest BCUT2D eigenvalue weighted by molar-refractivity contribution is 5.25. The molecule has 0 spiro atoms. The number of halogens is 22. The van der Waals surface area contributed by atoms with Crippen molar-refractivity contribution in [3.8, 4) is 0 Å². The maximum atomic E-state index is 14.1. The van der Waals surface area contributed by atoms with Gasteiger partial charge in [0, 0.05) is 0 Å². The van der Waals surface area contributed by atoms with Gasteiger partial charge in [-0.05, 0) is 0 Å². The standard InChI is InChI=1S/C12F22O2/c13-1(14)3(17,18)7(25,26)11(33,8(27,28)4(1,19)20)35-36-12(34)9(29,30)5(21,22)2(15,16)6(23,24)10(12,31)32. The lowest BCUT2D eigenvalue weighted by Crippen LogP contribution is -2.86. The van der Waals surface area contributed by atoms with Crippen LogP contribution in [0, 0.1) is 0 Å². The number of alkyl halides is 22. The summed E-state index contributed by atoms with van der Waals surface area (Å²) in [6, 6.07) is 0. The number of rotatable bonds is 3. The summed E-state index contributed by atoms with van der Waals surface area (Å²) in [6.45, 7) is 0. The predicted octanol–water partition coefficient (Wildman–Crippen LogP) is 6.65. The Bertz CT molecular complexity index is 784. The lowest BCUT2D eigenvalue weighted by molar-refractivity contribution is -0.628. The minimum Gasteiger partial charge on any atom is -0.195 e. The van der Waals surface area contributed by atoms with Crippen LogP contribution in [0.1, 0.15) is 0 Å². The van der Waals surface area contributed by atoms with Crippen molar-refractivity contribution < 1.29 is 106 Å². The summed E-state index contributed by atoms with van der Waals surface area (Å²) >= 11 is 0. The highest BCUT2D eigenvalue weighted by Crippen LogP contribution is 2.72. The molecule has 2 fully saturated rings. The van der Waals surface area contributed by atoms with E-state index >= 15 is 0 Å². The van der Waals surface area contributed by atoms with E-state index in [-0.39, 0.29) is 0 Å². The molecule has 0 atom stereocenters. The zero-order chi connectivity index (χ0) is 29.4. The Hall–Kier alpha value is -1.62. The summed E-state index contributed by atoms with van der Waals surface area (Å²) in [5, 5.41) is 0. The molecular weight excluding hydrogens is 594 g/mol. The van der Waals surface area contributed by atoms with Gasteiger partial charge in [-0.15, -0.1) is 0 Å². The van der Waals surface area contributed by atoms with Crippen LogP contribution in [0.3, 0.4) is 0 Å². The van der Waals surface area contributed by atoms with E-state index in [1.807, 2.05) is 0 Å². The first-order chi connectivity index (χ1) is 15.2. The molecule has 36 heavy (non-hydrogen) atoms. The van der Waals surface area contributed by atoms with Crippen molar-refractivity contribution >= 4 is 0 Å². The third-order valence-corrected chi connectivity index (χ3v) is 5.04. The largest absolute Gasteiger partial charge is 0.384 e. The van der Waals surface area contributed by atoms with Crippen LogP contribution in [0.5, 0.6) is 0 Å². The van der Waals surface area contributed by atoms with Gasteiger partial charge in [-0.1, -0.05) is 0 Å². The van der Waals surface area contributed by atoms with Gasteiger partial charge < -0.3 is 0 Å². The number of hydrogen-bond donors (Lipinski definition) is 0. The molecule has 0 amide bonds. The lowest BCUT2D eigenvalue weighted by atomic mass is 9.78. The summed E-state index contributed by atoms with van der Waals surface area (Å²) in [5.74, 6) is -98.7. The third kappa shape index (κ3) is 2.48. The van der Waals surface area contributed by atoms with E-state index in [0.29, 0.717) is 0 Å². The van der Waals surface area contributed by atoms with Gasteiger partial charge in [-0.2, -0.15) is 106 Å². The van der Waals surface area contributed by atoms with E-state index < -0.39 is 70.9 Å². The first-order valence-corrected chi connectivity index (χ1v) is 7.73. The second-order valence-corrected chi connectivity index (χ2v) is 7.10. The maximum Gasteiger partial charge on any atom is 0.384 e. The van der Waals surface area contributed by atoms with E-state index in [1.165, 1.54) is 9.78 Å². The molecule has 0 unspecified atom stereocenters. The van der Waals surface area contributed by atoms with Gasteiger partial charge in [0.1, 0.15) is 0 Å². The fourth-order valence-electron chi connectivity index (χ4n) is 2.71. The molecule has 0 aromatic carbocycles. The molecule has 0 saturated heterocycles. The summed E-state index contributed by atoms with van der Waals surface area (Å²) < 4.78 is 294.